The van der Waals surface area contributed by atoms with Crippen LogP contribution in [0.25, 0.3) is 0 Å². The quantitative estimate of drug-likeness (QED) is 0.820. The first-order chi connectivity index (χ1) is 11.1. The van der Waals surface area contributed by atoms with E-state index in [-0.39, 0.29) is 23.8 Å². The second-order valence-electron chi connectivity index (χ2n) is 6.14. The summed E-state index contributed by atoms with van der Waals surface area (Å²) in [5, 5.41) is 0. The topological polar surface area (TPSA) is 75.6 Å². The zero-order valence-corrected chi connectivity index (χ0v) is 13.4. The Kier molecular flexibility index (Phi) is 4.73. The number of piperidine rings is 1. The number of hydrogen-bond donors (Lipinski definition) is 0. The number of rotatable bonds is 3. The van der Waals surface area contributed by atoms with E-state index in [4.69, 9.17) is 4.74 Å². The minimum Gasteiger partial charge on any atom is -0.471 e. The van der Waals surface area contributed by atoms with Crippen LogP contribution >= 0.6 is 0 Å². The Hall–Kier alpha value is -2.18. The summed E-state index contributed by atoms with van der Waals surface area (Å²) in [6, 6.07) is 0. The number of carbonyl (C=O) groups excluding carboxylic acids is 2. The molecule has 1 aromatic rings. The maximum absolute atomic E-state index is 12.6. The average Bonchev–Trinajstić information content (AvgIpc) is 3.03. The van der Waals surface area contributed by atoms with Gasteiger partial charge in [0.2, 0.25) is 17.7 Å². The van der Waals surface area contributed by atoms with E-state index in [2.05, 4.69) is 9.97 Å². The highest BCUT2D eigenvalue weighted by molar-refractivity contribution is 5.80. The van der Waals surface area contributed by atoms with Gasteiger partial charge < -0.3 is 14.5 Å². The van der Waals surface area contributed by atoms with Gasteiger partial charge in [-0.25, -0.2) is 4.98 Å². The Labute approximate surface area is 135 Å². The highest BCUT2D eigenvalue weighted by Crippen LogP contribution is 2.23. The van der Waals surface area contributed by atoms with E-state index in [1.807, 2.05) is 9.80 Å². The molecule has 0 aliphatic carbocycles. The van der Waals surface area contributed by atoms with Crippen LogP contribution in [0.4, 0.5) is 0 Å². The lowest BCUT2D eigenvalue weighted by atomic mass is 9.95. The molecule has 2 fully saturated rings. The zero-order chi connectivity index (χ0) is 16.2. The second kappa shape index (κ2) is 6.93. The predicted molar refractivity (Wildman–Crippen MR) is 82.6 cm³/mol. The fourth-order valence-corrected chi connectivity index (χ4v) is 3.24. The first-order valence-corrected chi connectivity index (χ1v) is 8.10. The van der Waals surface area contributed by atoms with Crippen molar-refractivity contribution in [2.24, 2.45) is 5.92 Å². The van der Waals surface area contributed by atoms with E-state index < -0.39 is 0 Å². The van der Waals surface area contributed by atoms with Crippen LogP contribution in [0.5, 0.6) is 5.88 Å². The molecule has 124 valence electrons. The molecule has 3 heterocycles. The zero-order valence-electron chi connectivity index (χ0n) is 13.4. The van der Waals surface area contributed by atoms with Crippen molar-refractivity contribution in [2.75, 3.05) is 26.2 Å². The highest BCUT2D eigenvalue weighted by Gasteiger charge is 2.34. The van der Waals surface area contributed by atoms with Crippen LogP contribution in [-0.2, 0) is 9.59 Å². The van der Waals surface area contributed by atoms with Crippen molar-refractivity contribution in [1.29, 1.82) is 0 Å². The van der Waals surface area contributed by atoms with E-state index >= 15 is 0 Å². The lowest BCUT2D eigenvalue weighted by Gasteiger charge is -2.32. The van der Waals surface area contributed by atoms with Crippen LogP contribution in [0.3, 0.4) is 0 Å². The molecule has 7 heteroatoms. The summed E-state index contributed by atoms with van der Waals surface area (Å²) in [5.74, 6) is 0.815. The minimum absolute atomic E-state index is 0.0204. The third-order valence-electron chi connectivity index (χ3n) is 4.57. The Morgan fingerprint density at radius 1 is 1.13 bits per heavy atom. The minimum atomic E-state index is -0.0204. The van der Waals surface area contributed by atoms with Crippen LogP contribution in [-0.4, -0.2) is 63.9 Å². The van der Waals surface area contributed by atoms with Crippen LogP contribution in [0.2, 0.25) is 0 Å². The van der Waals surface area contributed by atoms with Crippen molar-refractivity contribution in [2.45, 2.75) is 32.3 Å². The van der Waals surface area contributed by atoms with E-state index in [0.717, 1.165) is 25.8 Å². The lowest BCUT2D eigenvalue weighted by molar-refractivity contribution is -0.139. The SMILES string of the molecule is CC(=O)N1CCC(C(=O)N2CCC(Oc3cnccn3)C2)CC1. The summed E-state index contributed by atoms with van der Waals surface area (Å²) < 4.78 is 5.77. The Morgan fingerprint density at radius 3 is 2.52 bits per heavy atom. The normalized spacial score (nSPS) is 22.2. The highest BCUT2D eigenvalue weighted by atomic mass is 16.5. The molecule has 0 saturated carbocycles. The van der Waals surface area contributed by atoms with Crippen molar-refractivity contribution in [3.63, 3.8) is 0 Å². The van der Waals surface area contributed by atoms with Crippen molar-refractivity contribution < 1.29 is 14.3 Å². The molecule has 7 nitrogen and oxygen atoms in total. The molecule has 0 N–H and O–H groups in total. The average molecular weight is 318 g/mol. The molecule has 1 aromatic heterocycles. The van der Waals surface area contributed by atoms with Gasteiger partial charge in [-0.1, -0.05) is 0 Å². The van der Waals surface area contributed by atoms with Gasteiger partial charge in [-0.2, -0.15) is 0 Å². The number of carbonyl (C=O) groups is 2. The van der Waals surface area contributed by atoms with Gasteiger partial charge >= 0.3 is 0 Å². The molecule has 2 amide bonds. The second-order valence-corrected chi connectivity index (χ2v) is 6.14. The van der Waals surface area contributed by atoms with Gasteiger partial charge in [0.1, 0.15) is 6.10 Å². The number of amides is 2. The van der Waals surface area contributed by atoms with Gasteiger partial charge in [-0.15, -0.1) is 0 Å². The summed E-state index contributed by atoms with van der Waals surface area (Å²) in [5.41, 5.74) is 0. The van der Waals surface area contributed by atoms with Crippen molar-refractivity contribution in [1.82, 2.24) is 19.8 Å². The van der Waals surface area contributed by atoms with E-state index in [0.29, 0.717) is 25.5 Å². The first kappa shape index (κ1) is 15.7. The van der Waals surface area contributed by atoms with E-state index in [1.165, 1.54) is 0 Å². The fraction of sp³-hybridized carbons (Fsp3) is 0.625. The number of nitrogens with zero attached hydrogens (tertiary/aromatic N) is 4. The third-order valence-corrected chi connectivity index (χ3v) is 4.57. The molecule has 2 aliphatic heterocycles. The monoisotopic (exact) mass is 318 g/mol. The Bertz CT molecular complexity index is 558. The number of ether oxygens (including phenoxy) is 1. The van der Waals surface area contributed by atoms with Crippen molar-refractivity contribution >= 4 is 11.8 Å². The van der Waals surface area contributed by atoms with Gasteiger partial charge in [0.05, 0.1) is 12.7 Å². The van der Waals surface area contributed by atoms with Crippen LogP contribution in [0.1, 0.15) is 26.2 Å². The van der Waals surface area contributed by atoms with Gasteiger partial charge in [0.25, 0.3) is 0 Å². The standard InChI is InChI=1S/C16H22N4O3/c1-12(21)19-7-2-13(3-8-19)16(22)20-9-4-14(11-20)23-15-10-17-5-6-18-15/h5-6,10,13-14H,2-4,7-9,11H2,1H3. The van der Waals surface area contributed by atoms with Crippen LogP contribution < -0.4 is 4.74 Å². The molecule has 1 unspecified atom stereocenters. The molecule has 0 bridgehead atoms. The molecule has 0 aromatic carbocycles. The fourth-order valence-electron chi connectivity index (χ4n) is 3.24. The predicted octanol–water partition coefficient (Wildman–Crippen LogP) is 0.715. The molecule has 23 heavy (non-hydrogen) atoms. The van der Waals surface area contributed by atoms with Crippen molar-refractivity contribution in [3.8, 4) is 5.88 Å². The summed E-state index contributed by atoms with van der Waals surface area (Å²) in [6.45, 7) is 4.26. The lowest BCUT2D eigenvalue weighted by Crippen LogP contribution is -2.43. The molecule has 1 atom stereocenters. The van der Waals surface area contributed by atoms with Gasteiger partial charge in [0, 0.05) is 51.3 Å². The maximum Gasteiger partial charge on any atom is 0.232 e. The van der Waals surface area contributed by atoms with E-state index in [9.17, 15) is 9.59 Å². The van der Waals surface area contributed by atoms with Gasteiger partial charge in [-0.3, -0.25) is 14.6 Å². The molecule has 0 radical (unpaired) electrons. The van der Waals surface area contributed by atoms with Crippen LogP contribution in [0.15, 0.2) is 18.6 Å². The smallest absolute Gasteiger partial charge is 0.232 e. The first-order valence-electron chi connectivity index (χ1n) is 8.10. The summed E-state index contributed by atoms with van der Waals surface area (Å²) in [6.07, 6.45) is 7.08. The van der Waals surface area contributed by atoms with Gasteiger partial charge in [-0.05, 0) is 12.8 Å². The summed E-state index contributed by atoms with van der Waals surface area (Å²) >= 11 is 0. The number of hydrogen-bond acceptors (Lipinski definition) is 5. The molecule has 3 rings (SSSR count). The molecule has 2 aliphatic rings. The largest absolute Gasteiger partial charge is 0.471 e. The van der Waals surface area contributed by atoms with Crippen LogP contribution in [0, 0.1) is 5.92 Å². The Morgan fingerprint density at radius 2 is 1.87 bits per heavy atom. The summed E-state index contributed by atoms with van der Waals surface area (Å²) in [4.78, 5) is 35.7. The molecule has 2 saturated heterocycles. The van der Waals surface area contributed by atoms with Gasteiger partial charge in [0.15, 0.2) is 0 Å². The summed E-state index contributed by atoms with van der Waals surface area (Å²) in [7, 11) is 0. The Balaban J connectivity index is 1.49. The van der Waals surface area contributed by atoms with Crippen molar-refractivity contribution in [3.05, 3.63) is 18.6 Å². The van der Waals surface area contributed by atoms with E-state index in [1.54, 1.807) is 25.5 Å². The molecule has 0 spiro atoms. The number of likely N-dealkylation sites (tertiary alicyclic amines) is 2. The maximum atomic E-state index is 12.6. The third kappa shape index (κ3) is 3.78. The number of aromatic nitrogens is 2. The molecular formula is C16H22N4O3. The molecular weight excluding hydrogens is 296 g/mol.